The lowest BCUT2D eigenvalue weighted by Crippen LogP contribution is -2.55. The van der Waals surface area contributed by atoms with Crippen LogP contribution in [0.5, 0.6) is 0 Å². The minimum atomic E-state index is -1.04. The Morgan fingerprint density at radius 2 is 1.49 bits per heavy atom. The third kappa shape index (κ3) is 7.47. The third-order valence-electron chi connectivity index (χ3n) is 7.25. The molecule has 7 heteroatoms. The van der Waals surface area contributed by atoms with Crippen molar-refractivity contribution in [3.05, 3.63) is 107 Å². The predicted molar refractivity (Wildman–Crippen MR) is 149 cm³/mol. The molecular formula is C32H36N2O5. The van der Waals surface area contributed by atoms with Gasteiger partial charge >= 0.3 is 18.0 Å². The van der Waals surface area contributed by atoms with E-state index >= 15 is 0 Å². The number of nitrogens with zero attached hydrogens (tertiary/aromatic N) is 2. The Hall–Kier alpha value is -4.13. The zero-order valence-corrected chi connectivity index (χ0v) is 22.4. The van der Waals surface area contributed by atoms with Gasteiger partial charge in [0.1, 0.15) is 6.04 Å². The van der Waals surface area contributed by atoms with Crippen LogP contribution in [0, 0.1) is 5.92 Å². The number of carbonyl (C=O) groups excluding carboxylic acids is 2. The highest BCUT2D eigenvalue weighted by Gasteiger charge is 2.37. The van der Waals surface area contributed by atoms with Crippen molar-refractivity contribution in [2.75, 3.05) is 19.7 Å². The summed E-state index contributed by atoms with van der Waals surface area (Å²) in [6, 6.07) is 26.0. The molecule has 1 N–H and O–H groups in total. The molecule has 0 fully saturated rings. The topological polar surface area (TPSA) is 87.2 Å². The lowest BCUT2D eigenvalue weighted by molar-refractivity contribution is -0.149. The smallest absolute Gasteiger partial charge is 0.326 e. The number of aryl methyl sites for hydroxylation is 1. The summed E-state index contributed by atoms with van der Waals surface area (Å²) in [7, 11) is 0. The third-order valence-corrected chi connectivity index (χ3v) is 7.25. The summed E-state index contributed by atoms with van der Waals surface area (Å²) in [6.07, 6.45) is 2.02. The number of ether oxygens (including phenoxy) is 1. The molecule has 0 saturated carbocycles. The van der Waals surface area contributed by atoms with E-state index in [4.69, 9.17) is 4.74 Å². The van der Waals surface area contributed by atoms with Crippen molar-refractivity contribution in [3.63, 3.8) is 0 Å². The largest absolute Gasteiger partial charge is 0.480 e. The van der Waals surface area contributed by atoms with E-state index in [2.05, 4.69) is 0 Å². The Bertz CT molecular complexity index is 1250. The zero-order chi connectivity index (χ0) is 27.6. The number of amides is 2. The molecule has 1 aliphatic rings. The van der Waals surface area contributed by atoms with Crippen LogP contribution >= 0.6 is 0 Å². The van der Waals surface area contributed by atoms with Gasteiger partial charge in [0.05, 0.1) is 12.5 Å². The fraction of sp³-hybridized carbons (Fsp3) is 0.344. The molecule has 2 atom stereocenters. The summed E-state index contributed by atoms with van der Waals surface area (Å²) in [6.45, 7) is 2.74. The number of carboxylic acid groups (broad SMARTS) is 1. The van der Waals surface area contributed by atoms with Crippen molar-refractivity contribution < 1.29 is 24.2 Å². The van der Waals surface area contributed by atoms with Crippen LogP contribution in [0.2, 0.25) is 0 Å². The maximum Gasteiger partial charge on any atom is 0.326 e. The van der Waals surface area contributed by atoms with E-state index < -0.39 is 17.9 Å². The first-order valence-electron chi connectivity index (χ1n) is 13.6. The fourth-order valence-electron chi connectivity index (χ4n) is 5.10. The lowest BCUT2D eigenvalue weighted by Gasteiger charge is -2.38. The maximum atomic E-state index is 14.1. The number of hydrogen-bond donors (Lipinski definition) is 1. The van der Waals surface area contributed by atoms with Crippen LogP contribution in [-0.2, 0) is 40.1 Å². The van der Waals surface area contributed by atoms with E-state index in [-0.39, 0.29) is 38.1 Å². The average Bonchev–Trinajstić information content (AvgIpc) is 2.97. The van der Waals surface area contributed by atoms with Gasteiger partial charge in [0.2, 0.25) is 0 Å². The summed E-state index contributed by atoms with van der Waals surface area (Å²) < 4.78 is 5.40. The highest BCUT2D eigenvalue weighted by molar-refractivity contribution is 5.84. The van der Waals surface area contributed by atoms with E-state index in [0.29, 0.717) is 25.8 Å². The van der Waals surface area contributed by atoms with Crippen molar-refractivity contribution in [2.45, 2.75) is 45.2 Å². The molecule has 0 aliphatic carbocycles. The average molecular weight is 529 g/mol. The maximum absolute atomic E-state index is 14.1. The van der Waals surface area contributed by atoms with Crippen molar-refractivity contribution >= 4 is 18.0 Å². The first-order chi connectivity index (χ1) is 19.0. The number of urea groups is 1. The van der Waals surface area contributed by atoms with E-state index in [1.54, 1.807) is 11.8 Å². The molecule has 0 saturated heterocycles. The molecule has 1 aliphatic heterocycles. The van der Waals surface area contributed by atoms with Gasteiger partial charge in [-0.15, -0.1) is 0 Å². The molecule has 0 bridgehead atoms. The summed E-state index contributed by atoms with van der Waals surface area (Å²) in [4.78, 5) is 42.5. The van der Waals surface area contributed by atoms with Crippen LogP contribution in [0.3, 0.4) is 0 Å². The number of aliphatic carboxylic acids is 1. The summed E-state index contributed by atoms with van der Waals surface area (Å²) in [5, 5.41) is 10.0. The van der Waals surface area contributed by atoms with Crippen LogP contribution in [0.1, 0.15) is 35.6 Å². The number of carboxylic acids is 1. The van der Waals surface area contributed by atoms with Gasteiger partial charge in [-0.1, -0.05) is 84.9 Å². The van der Waals surface area contributed by atoms with Gasteiger partial charge in [-0.2, -0.15) is 0 Å². The van der Waals surface area contributed by atoms with E-state index in [0.717, 1.165) is 22.3 Å². The van der Waals surface area contributed by atoms with Gasteiger partial charge in [0.25, 0.3) is 0 Å². The van der Waals surface area contributed by atoms with Crippen LogP contribution in [0.15, 0.2) is 84.9 Å². The number of carbonyl (C=O) groups is 3. The Morgan fingerprint density at radius 1 is 0.897 bits per heavy atom. The Balaban J connectivity index is 1.59. The monoisotopic (exact) mass is 528 g/mol. The van der Waals surface area contributed by atoms with Gasteiger partial charge in [-0.3, -0.25) is 4.79 Å². The van der Waals surface area contributed by atoms with Crippen molar-refractivity contribution in [1.82, 2.24) is 9.80 Å². The fourth-order valence-corrected chi connectivity index (χ4v) is 5.10. The molecule has 3 aromatic carbocycles. The molecule has 1 heterocycles. The molecule has 204 valence electrons. The van der Waals surface area contributed by atoms with E-state index in [1.165, 1.54) is 4.90 Å². The molecule has 0 unspecified atom stereocenters. The predicted octanol–water partition coefficient (Wildman–Crippen LogP) is 4.97. The first-order valence-corrected chi connectivity index (χ1v) is 13.6. The van der Waals surface area contributed by atoms with E-state index in [9.17, 15) is 19.5 Å². The van der Waals surface area contributed by atoms with Crippen LogP contribution < -0.4 is 0 Å². The minimum Gasteiger partial charge on any atom is -0.480 e. The second kappa shape index (κ2) is 13.6. The van der Waals surface area contributed by atoms with Gasteiger partial charge in [-0.25, -0.2) is 9.59 Å². The second-order valence-electron chi connectivity index (χ2n) is 9.89. The van der Waals surface area contributed by atoms with Gasteiger partial charge < -0.3 is 19.6 Å². The highest BCUT2D eigenvalue weighted by atomic mass is 16.5. The van der Waals surface area contributed by atoms with Crippen LogP contribution in [0.25, 0.3) is 0 Å². The van der Waals surface area contributed by atoms with Crippen molar-refractivity contribution in [2.24, 2.45) is 5.92 Å². The first kappa shape index (κ1) is 27.9. The Morgan fingerprint density at radius 3 is 2.10 bits per heavy atom. The Labute approximate surface area is 230 Å². The minimum absolute atomic E-state index is 0.155. The Kier molecular flexibility index (Phi) is 9.73. The summed E-state index contributed by atoms with van der Waals surface area (Å²) in [5.74, 6) is -1.91. The molecule has 0 aromatic heterocycles. The second-order valence-corrected chi connectivity index (χ2v) is 9.89. The molecule has 4 rings (SSSR count). The van der Waals surface area contributed by atoms with Crippen molar-refractivity contribution in [3.8, 4) is 0 Å². The zero-order valence-electron chi connectivity index (χ0n) is 22.4. The number of hydrogen-bond acceptors (Lipinski definition) is 4. The SMILES string of the molecule is CCOC(=O)[C@H](CCc1ccccc1)CN(CCc1ccccc1)C(=O)N1Cc2ccccc2C[C@H]1C(=O)O. The molecule has 39 heavy (non-hydrogen) atoms. The normalized spacial score (nSPS) is 15.2. The quantitative estimate of drug-likeness (QED) is 0.355. The number of fused-ring (bicyclic) bond motifs is 1. The van der Waals surface area contributed by atoms with Crippen molar-refractivity contribution in [1.29, 1.82) is 0 Å². The van der Waals surface area contributed by atoms with Crippen LogP contribution in [0.4, 0.5) is 4.79 Å². The standard InChI is InChI=1S/C32H36N2O5/c1-2-39-31(37)28(18-17-24-11-5-3-6-12-24)22-33(20-19-25-13-7-4-8-14-25)32(38)34-23-27-16-10-9-15-26(27)21-29(34)30(35)36/h3-16,28-29H,2,17-23H2,1H3,(H,35,36)/t28-,29+/m1/s1. The molecular weight excluding hydrogens is 492 g/mol. The molecule has 3 aromatic rings. The molecule has 0 radical (unpaired) electrons. The summed E-state index contributed by atoms with van der Waals surface area (Å²) in [5.41, 5.74) is 4.05. The lowest BCUT2D eigenvalue weighted by atomic mass is 9.94. The summed E-state index contributed by atoms with van der Waals surface area (Å²) >= 11 is 0. The number of rotatable bonds is 11. The van der Waals surface area contributed by atoms with Crippen LogP contribution in [-0.4, -0.2) is 58.6 Å². The van der Waals surface area contributed by atoms with Gasteiger partial charge in [-0.05, 0) is 48.4 Å². The number of benzene rings is 3. The van der Waals surface area contributed by atoms with E-state index in [1.807, 2.05) is 84.9 Å². The molecule has 7 nitrogen and oxygen atoms in total. The molecule has 2 amide bonds. The highest BCUT2D eigenvalue weighted by Crippen LogP contribution is 2.26. The molecule has 0 spiro atoms. The van der Waals surface area contributed by atoms with Gasteiger partial charge in [0, 0.05) is 26.1 Å². The van der Waals surface area contributed by atoms with Gasteiger partial charge in [0.15, 0.2) is 0 Å². The number of esters is 1.